The molecular weight excluding hydrogens is 266 g/mol. The van der Waals surface area contributed by atoms with Crippen LogP contribution in [-0.4, -0.2) is 35.6 Å². The summed E-state index contributed by atoms with van der Waals surface area (Å²) >= 11 is 1.90. The molecule has 0 saturated carbocycles. The van der Waals surface area contributed by atoms with Crippen LogP contribution in [0.2, 0.25) is 0 Å². The number of anilines is 1. The molecule has 1 aromatic rings. The highest BCUT2D eigenvalue weighted by molar-refractivity contribution is 7.98. The Kier molecular flexibility index (Phi) is 6.83. The summed E-state index contributed by atoms with van der Waals surface area (Å²) < 4.78 is 0. The summed E-state index contributed by atoms with van der Waals surface area (Å²) in [5.74, 6) is 2.24. The highest BCUT2D eigenvalue weighted by atomic mass is 32.2. The lowest BCUT2D eigenvalue weighted by Crippen LogP contribution is -2.37. The predicted molar refractivity (Wildman–Crippen MR) is 91.7 cm³/mol. The molecule has 0 radical (unpaired) electrons. The first-order valence-electron chi connectivity index (χ1n) is 7.29. The van der Waals surface area contributed by atoms with Crippen molar-refractivity contribution in [2.24, 2.45) is 0 Å². The van der Waals surface area contributed by atoms with E-state index in [9.17, 15) is 0 Å². The first-order chi connectivity index (χ1) is 9.39. The average molecular weight is 295 g/mol. The Bertz CT molecular complexity index is 401. The number of pyridine rings is 1. The maximum Gasteiger partial charge on any atom is 0.133 e. The van der Waals surface area contributed by atoms with Crippen molar-refractivity contribution in [3.8, 4) is 0 Å². The molecule has 0 bridgehead atoms. The van der Waals surface area contributed by atoms with E-state index in [0.717, 1.165) is 24.5 Å². The molecule has 1 aromatic heterocycles. The van der Waals surface area contributed by atoms with Crippen molar-refractivity contribution in [2.75, 3.05) is 24.0 Å². The van der Waals surface area contributed by atoms with Crippen LogP contribution in [0.25, 0.3) is 0 Å². The minimum Gasteiger partial charge on any atom is -0.356 e. The number of aromatic nitrogens is 1. The zero-order chi connectivity index (χ0) is 15.2. The van der Waals surface area contributed by atoms with Gasteiger partial charge in [0.25, 0.3) is 0 Å². The Balaban J connectivity index is 2.88. The zero-order valence-electron chi connectivity index (χ0n) is 13.7. The second-order valence-electron chi connectivity index (χ2n) is 6.22. The molecule has 0 fully saturated rings. The van der Waals surface area contributed by atoms with Crippen LogP contribution in [0.15, 0.2) is 18.3 Å². The van der Waals surface area contributed by atoms with Gasteiger partial charge in [0.2, 0.25) is 0 Å². The van der Waals surface area contributed by atoms with Gasteiger partial charge in [-0.1, -0.05) is 13.0 Å². The van der Waals surface area contributed by atoms with Gasteiger partial charge in [0.1, 0.15) is 5.82 Å². The molecule has 1 N–H and O–H groups in total. The smallest absolute Gasteiger partial charge is 0.133 e. The topological polar surface area (TPSA) is 28.2 Å². The van der Waals surface area contributed by atoms with E-state index >= 15 is 0 Å². The van der Waals surface area contributed by atoms with Gasteiger partial charge in [0, 0.05) is 42.7 Å². The van der Waals surface area contributed by atoms with Crippen LogP contribution in [-0.2, 0) is 6.54 Å². The number of nitrogens with zero attached hydrogens (tertiary/aromatic N) is 2. The molecule has 1 atom stereocenters. The molecule has 4 heteroatoms. The van der Waals surface area contributed by atoms with Crippen LogP contribution in [0, 0.1) is 0 Å². The van der Waals surface area contributed by atoms with Crippen molar-refractivity contribution in [2.45, 2.75) is 52.2 Å². The van der Waals surface area contributed by atoms with Gasteiger partial charge in [-0.25, -0.2) is 4.98 Å². The van der Waals surface area contributed by atoms with Crippen molar-refractivity contribution in [3.05, 3.63) is 23.9 Å². The fraction of sp³-hybridized carbons (Fsp3) is 0.688. The van der Waals surface area contributed by atoms with Crippen molar-refractivity contribution in [1.82, 2.24) is 10.3 Å². The standard InChI is InChI=1S/C16H29N3S/c1-7-14(12-20-6)19(5)15-13(9-8-10-17-15)11-18-16(2,3)4/h8-10,14,18H,7,11-12H2,1-6H3. The van der Waals surface area contributed by atoms with Crippen LogP contribution in [0.5, 0.6) is 0 Å². The number of thioether (sulfide) groups is 1. The van der Waals surface area contributed by atoms with Crippen LogP contribution in [0.4, 0.5) is 5.82 Å². The minimum absolute atomic E-state index is 0.120. The van der Waals surface area contributed by atoms with Gasteiger partial charge >= 0.3 is 0 Å². The van der Waals surface area contributed by atoms with E-state index < -0.39 is 0 Å². The highest BCUT2D eigenvalue weighted by Gasteiger charge is 2.18. The molecule has 20 heavy (non-hydrogen) atoms. The molecule has 0 aliphatic carbocycles. The molecule has 3 nitrogen and oxygen atoms in total. The van der Waals surface area contributed by atoms with E-state index in [2.05, 4.69) is 62.3 Å². The van der Waals surface area contributed by atoms with Crippen molar-refractivity contribution in [3.63, 3.8) is 0 Å². The van der Waals surface area contributed by atoms with Gasteiger partial charge in [-0.3, -0.25) is 0 Å². The third kappa shape index (κ3) is 5.33. The number of rotatable bonds is 7. The Morgan fingerprint density at radius 3 is 2.65 bits per heavy atom. The van der Waals surface area contributed by atoms with E-state index in [1.54, 1.807) is 0 Å². The Morgan fingerprint density at radius 2 is 2.10 bits per heavy atom. The lowest BCUT2D eigenvalue weighted by atomic mass is 10.1. The quantitative estimate of drug-likeness (QED) is 0.832. The van der Waals surface area contributed by atoms with Crippen molar-refractivity contribution < 1.29 is 0 Å². The maximum atomic E-state index is 4.61. The molecule has 0 aliphatic heterocycles. The summed E-state index contributed by atoms with van der Waals surface area (Å²) in [4.78, 5) is 6.94. The summed E-state index contributed by atoms with van der Waals surface area (Å²) in [5.41, 5.74) is 1.39. The summed E-state index contributed by atoms with van der Waals surface area (Å²) in [5, 5.41) is 3.55. The summed E-state index contributed by atoms with van der Waals surface area (Å²) in [6.07, 6.45) is 5.19. The third-order valence-electron chi connectivity index (χ3n) is 3.39. The van der Waals surface area contributed by atoms with Gasteiger partial charge in [-0.15, -0.1) is 0 Å². The fourth-order valence-corrected chi connectivity index (χ4v) is 2.96. The lowest BCUT2D eigenvalue weighted by molar-refractivity contribution is 0.424. The molecule has 114 valence electrons. The third-order valence-corrected chi connectivity index (χ3v) is 4.11. The van der Waals surface area contributed by atoms with Gasteiger partial charge in [-0.05, 0) is 39.5 Å². The summed E-state index contributed by atoms with van der Waals surface area (Å²) in [7, 11) is 2.16. The first-order valence-corrected chi connectivity index (χ1v) is 8.69. The molecule has 0 amide bonds. The molecule has 1 unspecified atom stereocenters. The number of hydrogen-bond acceptors (Lipinski definition) is 4. The maximum absolute atomic E-state index is 4.61. The van der Waals surface area contributed by atoms with E-state index in [-0.39, 0.29) is 5.54 Å². The average Bonchev–Trinajstić information content (AvgIpc) is 2.41. The van der Waals surface area contributed by atoms with Gasteiger partial charge < -0.3 is 10.2 Å². The number of hydrogen-bond donors (Lipinski definition) is 1. The molecule has 0 spiro atoms. The molecular formula is C16H29N3S. The fourth-order valence-electron chi connectivity index (χ4n) is 2.12. The SMILES string of the molecule is CCC(CSC)N(C)c1ncccc1CNC(C)(C)C. The van der Waals surface area contributed by atoms with E-state index in [0.29, 0.717) is 6.04 Å². The normalized spacial score (nSPS) is 13.3. The van der Waals surface area contributed by atoms with Crippen LogP contribution in [0.1, 0.15) is 39.7 Å². The second-order valence-corrected chi connectivity index (χ2v) is 7.13. The van der Waals surface area contributed by atoms with Gasteiger partial charge in [-0.2, -0.15) is 11.8 Å². The molecule has 1 heterocycles. The summed E-state index contributed by atoms with van der Waals surface area (Å²) in [6, 6.07) is 4.73. The molecule has 0 saturated heterocycles. The molecule has 0 aliphatic rings. The molecule has 0 aromatic carbocycles. The van der Waals surface area contributed by atoms with Gasteiger partial charge in [0.05, 0.1) is 0 Å². The first kappa shape index (κ1) is 17.3. The Morgan fingerprint density at radius 1 is 1.40 bits per heavy atom. The van der Waals surface area contributed by atoms with Gasteiger partial charge in [0.15, 0.2) is 0 Å². The van der Waals surface area contributed by atoms with Crippen molar-refractivity contribution in [1.29, 1.82) is 0 Å². The lowest BCUT2D eigenvalue weighted by Gasteiger charge is -2.30. The van der Waals surface area contributed by atoms with E-state index in [1.165, 1.54) is 5.56 Å². The van der Waals surface area contributed by atoms with Crippen molar-refractivity contribution >= 4 is 17.6 Å². The monoisotopic (exact) mass is 295 g/mol. The van der Waals surface area contributed by atoms with E-state index in [4.69, 9.17) is 0 Å². The Labute approximate surface area is 128 Å². The Hall–Kier alpha value is -0.740. The second kappa shape index (κ2) is 7.89. The minimum atomic E-state index is 0.120. The van der Waals surface area contributed by atoms with Crippen LogP contribution < -0.4 is 10.2 Å². The van der Waals surface area contributed by atoms with Crippen LogP contribution in [0.3, 0.4) is 0 Å². The molecule has 1 rings (SSSR count). The summed E-state index contributed by atoms with van der Waals surface area (Å²) in [6.45, 7) is 9.67. The zero-order valence-corrected chi connectivity index (χ0v) is 14.5. The highest BCUT2D eigenvalue weighted by Crippen LogP contribution is 2.21. The number of nitrogens with one attached hydrogen (secondary N) is 1. The largest absolute Gasteiger partial charge is 0.356 e. The van der Waals surface area contributed by atoms with Crippen LogP contribution >= 0.6 is 11.8 Å². The predicted octanol–water partition coefficient (Wildman–Crippen LogP) is 3.55. The van der Waals surface area contributed by atoms with E-state index in [1.807, 2.05) is 24.0 Å².